The number of piperidine rings is 1. The minimum atomic E-state index is -3.60. The summed E-state index contributed by atoms with van der Waals surface area (Å²) in [7, 11) is -2.09. The van der Waals surface area contributed by atoms with Crippen molar-refractivity contribution < 1.29 is 22.7 Å². The first-order valence-electron chi connectivity index (χ1n) is 9.12. The van der Waals surface area contributed by atoms with Gasteiger partial charge in [-0.3, -0.25) is 4.79 Å². The Morgan fingerprint density at radius 2 is 1.96 bits per heavy atom. The van der Waals surface area contributed by atoms with Crippen LogP contribution in [0.15, 0.2) is 27.6 Å². The maximum Gasteiger partial charge on any atom is 0.248 e. The zero-order valence-corrected chi connectivity index (χ0v) is 17.6. The number of sulfonamides is 1. The summed E-state index contributed by atoms with van der Waals surface area (Å²) in [5, 5.41) is 0. The topological polar surface area (TPSA) is 76.2 Å². The van der Waals surface area contributed by atoms with Gasteiger partial charge < -0.3 is 14.4 Å². The van der Waals surface area contributed by atoms with Crippen molar-refractivity contribution in [2.24, 2.45) is 0 Å². The molecule has 1 aliphatic carbocycles. The summed E-state index contributed by atoms with van der Waals surface area (Å²) in [6.45, 7) is 1.45. The lowest BCUT2D eigenvalue weighted by molar-refractivity contribution is -0.170. The van der Waals surface area contributed by atoms with Crippen LogP contribution in [0.2, 0.25) is 0 Å². The molecule has 9 heteroatoms. The summed E-state index contributed by atoms with van der Waals surface area (Å²) >= 11 is 3.35. The maximum atomic E-state index is 13.0. The molecule has 4 rings (SSSR count). The van der Waals surface area contributed by atoms with E-state index in [1.807, 2.05) is 4.90 Å². The van der Waals surface area contributed by atoms with E-state index < -0.39 is 15.6 Å². The smallest absolute Gasteiger partial charge is 0.248 e. The van der Waals surface area contributed by atoms with E-state index in [4.69, 9.17) is 9.47 Å². The van der Waals surface area contributed by atoms with Crippen LogP contribution in [0.25, 0.3) is 0 Å². The first kappa shape index (κ1) is 19.2. The van der Waals surface area contributed by atoms with Crippen LogP contribution >= 0.6 is 15.9 Å². The summed E-state index contributed by atoms with van der Waals surface area (Å²) in [4.78, 5) is 14.2. The number of rotatable bonds is 4. The predicted molar refractivity (Wildman–Crippen MR) is 102 cm³/mol. The average Bonchev–Trinajstić information content (AvgIpc) is 3.50. The molecule has 0 N–H and O–H groups in total. The highest BCUT2D eigenvalue weighted by Gasteiger charge is 2.47. The van der Waals surface area contributed by atoms with Gasteiger partial charge in [-0.25, -0.2) is 8.42 Å². The quantitative estimate of drug-likeness (QED) is 0.689. The van der Waals surface area contributed by atoms with Gasteiger partial charge in [-0.1, -0.05) is 0 Å². The number of carbonyl (C=O) groups excluding carboxylic acids is 1. The van der Waals surface area contributed by atoms with E-state index in [2.05, 4.69) is 15.9 Å². The third-order valence-electron chi connectivity index (χ3n) is 5.66. The van der Waals surface area contributed by atoms with Crippen LogP contribution in [-0.2, 0) is 19.6 Å². The fourth-order valence-corrected chi connectivity index (χ4v) is 5.71. The Morgan fingerprint density at radius 3 is 2.59 bits per heavy atom. The Hall–Kier alpha value is -1.16. The summed E-state index contributed by atoms with van der Waals surface area (Å²) < 4.78 is 39.4. The normalized spacial score (nSPS) is 23.6. The molecule has 2 saturated heterocycles. The van der Waals surface area contributed by atoms with Gasteiger partial charge in [-0.05, 0) is 53.7 Å². The van der Waals surface area contributed by atoms with Gasteiger partial charge in [0.15, 0.2) is 0 Å². The van der Waals surface area contributed by atoms with Gasteiger partial charge in [0.25, 0.3) is 0 Å². The molecule has 1 spiro atoms. The van der Waals surface area contributed by atoms with E-state index >= 15 is 0 Å². The second-order valence-electron chi connectivity index (χ2n) is 7.42. The van der Waals surface area contributed by atoms with Gasteiger partial charge >= 0.3 is 0 Å². The van der Waals surface area contributed by atoms with Crippen LogP contribution in [0.3, 0.4) is 0 Å². The summed E-state index contributed by atoms with van der Waals surface area (Å²) in [5.41, 5.74) is -0.417. The van der Waals surface area contributed by atoms with Gasteiger partial charge in [0.05, 0.1) is 28.6 Å². The summed E-state index contributed by atoms with van der Waals surface area (Å²) in [6.07, 6.45) is 3.31. The first-order chi connectivity index (χ1) is 12.8. The van der Waals surface area contributed by atoms with Crippen LogP contribution in [0, 0.1) is 0 Å². The molecule has 0 bridgehead atoms. The molecule has 27 heavy (non-hydrogen) atoms. The largest absolute Gasteiger partial charge is 0.496 e. The Labute approximate surface area is 167 Å². The van der Waals surface area contributed by atoms with Gasteiger partial charge in [0, 0.05) is 25.2 Å². The highest BCUT2D eigenvalue weighted by molar-refractivity contribution is 9.10. The lowest BCUT2D eigenvalue weighted by Crippen LogP contribution is -2.59. The molecule has 1 aromatic rings. The number of hydrogen-bond donors (Lipinski definition) is 0. The summed E-state index contributed by atoms with van der Waals surface area (Å²) in [5.74, 6) is 0.541. The Morgan fingerprint density at radius 1 is 1.26 bits per heavy atom. The monoisotopic (exact) mass is 458 g/mol. The van der Waals surface area contributed by atoms with Crippen LogP contribution in [0.4, 0.5) is 0 Å². The van der Waals surface area contributed by atoms with E-state index in [-0.39, 0.29) is 17.4 Å². The van der Waals surface area contributed by atoms with E-state index in [0.717, 1.165) is 12.8 Å². The van der Waals surface area contributed by atoms with Crippen molar-refractivity contribution in [2.75, 3.05) is 33.4 Å². The number of halogens is 1. The van der Waals surface area contributed by atoms with Crippen molar-refractivity contribution in [1.29, 1.82) is 0 Å². The third-order valence-corrected chi connectivity index (χ3v) is 8.21. The average molecular weight is 459 g/mol. The Balaban J connectivity index is 1.47. The first-order valence-corrected chi connectivity index (χ1v) is 11.4. The minimum Gasteiger partial charge on any atom is -0.496 e. The molecule has 1 amide bonds. The lowest BCUT2D eigenvalue weighted by atomic mass is 9.90. The molecule has 1 saturated carbocycles. The molecule has 0 atom stereocenters. The van der Waals surface area contributed by atoms with Crippen molar-refractivity contribution in [3.8, 4) is 5.75 Å². The zero-order valence-electron chi connectivity index (χ0n) is 15.2. The van der Waals surface area contributed by atoms with E-state index in [1.165, 1.54) is 17.5 Å². The molecule has 2 heterocycles. The number of benzene rings is 1. The molecular weight excluding hydrogens is 436 g/mol. The highest BCUT2D eigenvalue weighted by atomic mass is 79.9. The van der Waals surface area contributed by atoms with E-state index in [0.29, 0.717) is 48.7 Å². The van der Waals surface area contributed by atoms with Gasteiger partial charge in [-0.15, -0.1) is 0 Å². The fourth-order valence-electron chi connectivity index (χ4n) is 3.85. The van der Waals surface area contributed by atoms with Crippen molar-refractivity contribution >= 4 is 31.9 Å². The molecule has 0 radical (unpaired) electrons. The van der Waals surface area contributed by atoms with Crippen molar-refractivity contribution in [3.05, 3.63) is 22.7 Å². The predicted octanol–water partition coefficient (Wildman–Crippen LogP) is 2.00. The second kappa shape index (κ2) is 7.02. The van der Waals surface area contributed by atoms with Crippen LogP contribution < -0.4 is 4.74 Å². The molecule has 0 unspecified atom stereocenters. The summed E-state index contributed by atoms with van der Waals surface area (Å²) in [6, 6.07) is 5.15. The van der Waals surface area contributed by atoms with Crippen molar-refractivity contribution in [3.63, 3.8) is 0 Å². The third kappa shape index (κ3) is 3.62. The zero-order chi connectivity index (χ0) is 19.2. The molecule has 7 nitrogen and oxygen atoms in total. The van der Waals surface area contributed by atoms with Gasteiger partial charge in [-0.2, -0.15) is 4.31 Å². The number of hydrogen-bond acceptors (Lipinski definition) is 5. The number of amides is 1. The molecule has 3 fully saturated rings. The molecule has 3 aliphatic rings. The number of nitrogens with zero attached hydrogens (tertiary/aromatic N) is 2. The Kier molecular flexibility index (Phi) is 4.99. The number of methoxy groups -OCH3 is 1. The van der Waals surface area contributed by atoms with Crippen molar-refractivity contribution in [2.45, 2.75) is 42.2 Å². The number of ether oxygens (including phenoxy) is 2. The highest BCUT2D eigenvalue weighted by Crippen LogP contribution is 2.37. The van der Waals surface area contributed by atoms with Gasteiger partial charge in [0.2, 0.25) is 15.9 Å². The fraction of sp³-hybridized carbons (Fsp3) is 0.611. The van der Waals surface area contributed by atoms with Crippen LogP contribution in [0.1, 0.15) is 25.7 Å². The van der Waals surface area contributed by atoms with Gasteiger partial charge in [0.1, 0.15) is 12.4 Å². The molecule has 2 aliphatic heterocycles. The van der Waals surface area contributed by atoms with E-state index in [9.17, 15) is 13.2 Å². The van der Waals surface area contributed by atoms with E-state index in [1.54, 1.807) is 12.1 Å². The molecule has 148 valence electrons. The van der Waals surface area contributed by atoms with Crippen molar-refractivity contribution in [1.82, 2.24) is 9.21 Å². The maximum absolute atomic E-state index is 13.0. The standard InChI is InChI=1S/C18H23BrN2O5S/c1-25-16-10-14(4-5-15(16)19)27(23,24)20-8-6-18(7-9-20)12-21(13-2-3-13)17(22)11-26-18/h4-5,10,13H,2-3,6-9,11-12H2,1H3. The number of carbonyl (C=O) groups is 1. The lowest BCUT2D eigenvalue weighted by Gasteiger charge is -2.46. The van der Waals surface area contributed by atoms with Crippen LogP contribution in [0.5, 0.6) is 5.75 Å². The molecular formula is C18H23BrN2O5S. The SMILES string of the molecule is COc1cc(S(=O)(=O)N2CCC3(CC2)CN(C2CC2)C(=O)CO3)ccc1Br. The molecule has 0 aromatic heterocycles. The second-order valence-corrected chi connectivity index (χ2v) is 10.2. The molecule has 1 aromatic carbocycles. The van der Waals surface area contributed by atoms with Crippen LogP contribution in [-0.4, -0.2) is 68.5 Å². The number of morpholine rings is 1. The Bertz CT molecular complexity index is 847. The minimum absolute atomic E-state index is 0.0557.